The molecule has 1 aliphatic heterocycles. The summed E-state index contributed by atoms with van der Waals surface area (Å²) in [6.07, 6.45) is 2.76. The van der Waals surface area contributed by atoms with E-state index >= 15 is 0 Å². The third-order valence-electron chi connectivity index (χ3n) is 2.80. The molecule has 0 spiro atoms. The molecular weight excluding hydrogens is 224 g/mol. The molecule has 6 heteroatoms. The van der Waals surface area contributed by atoms with E-state index in [-0.39, 0.29) is 19.0 Å². The van der Waals surface area contributed by atoms with Crippen molar-refractivity contribution < 1.29 is 19.8 Å². The fourth-order valence-corrected chi connectivity index (χ4v) is 1.86. The number of carboxylic acids is 1. The van der Waals surface area contributed by atoms with Crippen molar-refractivity contribution in [1.82, 2.24) is 10.2 Å². The molecule has 0 aromatic rings. The van der Waals surface area contributed by atoms with E-state index in [2.05, 4.69) is 5.32 Å². The van der Waals surface area contributed by atoms with Crippen molar-refractivity contribution in [3.05, 3.63) is 0 Å². The zero-order chi connectivity index (χ0) is 12.9. The van der Waals surface area contributed by atoms with Gasteiger partial charge in [-0.2, -0.15) is 0 Å². The van der Waals surface area contributed by atoms with Crippen LogP contribution in [0.5, 0.6) is 0 Å². The Labute approximate surface area is 101 Å². The SMILES string of the molecule is CC(O)(CNC(=O)N1CCCCC1)CC(=O)O. The Bertz CT molecular complexity index is 285. The quantitative estimate of drug-likeness (QED) is 0.668. The van der Waals surface area contributed by atoms with Crippen LogP contribution in [0.25, 0.3) is 0 Å². The number of amides is 2. The third kappa shape index (κ3) is 5.04. The van der Waals surface area contributed by atoms with E-state index < -0.39 is 11.6 Å². The molecule has 1 aliphatic rings. The van der Waals surface area contributed by atoms with Crippen LogP contribution < -0.4 is 5.32 Å². The first-order chi connectivity index (χ1) is 7.91. The summed E-state index contributed by atoms with van der Waals surface area (Å²) in [5.41, 5.74) is -1.41. The van der Waals surface area contributed by atoms with Crippen molar-refractivity contribution in [2.24, 2.45) is 0 Å². The Morgan fingerprint density at radius 2 is 1.88 bits per heavy atom. The molecule has 0 saturated carbocycles. The second-order valence-electron chi connectivity index (χ2n) is 4.77. The summed E-state index contributed by atoms with van der Waals surface area (Å²) in [4.78, 5) is 23.9. The number of carboxylic acid groups (broad SMARTS) is 1. The Morgan fingerprint density at radius 3 is 2.41 bits per heavy atom. The van der Waals surface area contributed by atoms with Crippen LogP contribution in [-0.4, -0.2) is 52.3 Å². The first-order valence-electron chi connectivity index (χ1n) is 5.88. The number of nitrogens with zero attached hydrogens (tertiary/aromatic N) is 1. The van der Waals surface area contributed by atoms with Gasteiger partial charge in [0.1, 0.15) is 0 Å². The van der Waals surface area contributed by atoms with Gasteiger partial charge in [0.25, 0.3) is 0 Å². The summed E-state index contributed by atoms with van der Waals surface area (Å²) >= 11 is 0. The Kier molecular flexibility index (Phi) is 4.74. The molecule has 98 valence electrons. The molecule has 0 aromatic heterocycles. The van der Waals surface area contributed by atoms with Gasteiger partial charge in [0, 0.05) is 19.6 Å². The summed E-state index contributed by atoms with van der Waals surface area (Å²) < 4.78 is 0. The molecule has 17 heavy (non-hydrogen) atoms. The van der Waals surface area contributed by atoms with Gasteiger partial charge in [-0.1, -0.05) is 0 Å². The summed E-state index contributed by atoms with van der Waals surface area (Å²) in [6, 6.07) is -0.227. The van der Waals surface area contributed by atoms with Gasteiger partial charge in [-0.15, -0.1) is 0 Å². The average Bonchev–Trinajstić information content (AvgIpc) is 2.25. The van der Waals surface area contributed by atoms with Crippen molar-refractivity contribution in [1.29, 1.82) is 0 Å². The van der Waals surface area contributed by atoms with Crippen LogP contribution in [0.1, 0.15) is 32.6 Å². The van der Waals surface area contributed by atoms with Gasteiger partial charge in [-0.25, -0.2) is 4.79 Å². The molecule has 1 atom stereocenters. The number of likely N-dealkylation sites (tertiary alicyclic amines) is 1. The maximum absolute atomic E-state index is 11.7. The van der Waals surface area contributed by atoms with Gasteiger partial charge in [-0.3, -0.25) is 4.79 Å². The first-order valence-corrected chi connectivity index (χ1v) is 5.88. The number of aliphatic hydroxyl groups is 1. The van der Waals surface area contributed by atoms with E-state index in [1.54, 1.807) is 4.90 Å². The van der Waals surface area contributed by atoms with E-state index in [0.717, 1.165) is 32.4 Å². The van der Waals surface area contributed by atoms with Crippen molar-refractivity contribution in [3.63, 3.8) is 0 Å². The van der Waals surface area contributed by atoms with Crippen LogP contribution in [0, 0.1) is 0 Å². The van der Waals surface area contributed by atoms with Crippen molar-refractivity contribution in [2.45, 2.75) is 38.2 Å². The number of hydrogen-bond donors (Lipinski definition) is 3. The number of hydrogen-bond acceptors (Lipinski definition) is 3. The normalized spacial score (nSPS) is 19.5. The largest absolute Gasteiger partial charge is 0.481 e. The second-order valence-corrected chi connectivity index (χ2v) is 4.77. The number of nitrogens with one attached hydrogen (secondary N) is 1. The molecule has 2 amide bonds. The zero-order valence-corrected chi connectivity index (χ0v) is 10.1. The summed E-state index contributed by atoms with van der Waals surface area (Å²) in [5, 5.41) is 20.9. The highest BCUT2D eigenvalue weighted by molar-refractivity contribution is 5.74. The highest BCUT2D eigenvalue weighted by atomic mass is 16.4. The van der Waals surface area contributed by atoms with E-state index in [9.17, 15) is 14.7 Å². The van der Waals surface area contributed by atoms with Crippen LogP contribution >= 0.6 is 0 Å². The van der Waals surface area contributed by atoms with Gasteiger partial charge in [-0.05, 0) is 26.2 Å². The van der Waals surface area contributed by atoms with E-state index in [0.29, 0.717) is 0 Å². The molecule has 1 rings (SSSR count). The van der Waals surface area contributed by atoms with E-state index in [1.165, 1.54) is 6.92 Å². The van der Waals surface area contributed by atoms with Gasteiger partial charge in [0.05, 0.1) is 12.0 Å². The predicted octanol–water partition coefficient (Wildman–Crippen LogP) is 0.408. The summed E-state index contributed by atoms with van der Waals surface area (Å²) in [6.45, 7) is 2.81. The molecule has 1 saturated heterocycles. The maximum Gasteiger partial charge on any atom is 0.317 e. The lowest BCUT2D eigenvalue weighted by atomic mass is 10.0. The molecule has 0 aliphatic carbocycles. The van der Waals surface area contributed by atoms with Crippen molar-refractivity contribution >= 4 is 12.0 Å². The van der Waals surface area contributed by atoms with Gasteiger partial charge in [0.2, 0.25) is 0 Å². The number of piperidine rings is 1. The van der Waals surface area contributed by atoms with Crippen LogP contribution in [0.15, 0.2) is 0 Å². The zero-order valence-electron chi connectivity index (χ0n) is 10.1. The summed E-state index contributed by atoms with van der Waals surface area (Å²) in [7, 11) is 0. The lowest BCUT2D eigenvalue weighted by Gasteiger charge is -2.29. The average molecular weight is 244 g/mol. The van der Waals surface area contributed by atoms with Crippen LogP contribution in [-0.2, 0) is 4.79 Å². The first kappa shape index (κ1) is 13.8. The Morgan fingerprint density at radius 1 is 1.29 bits per heavy atom. The number of carbonyl (C=O) groups is 2. The van der Waals surface area contributed by atoms with Crippen molar-refractivity contribution in [3.8, 4) is 0 Å². The molecule has 6 nitrogen and oxygen atoms in total. The second kappa shape index (κ2) is 5.86. The van der Waals surface area contributed by atoms with Crippen LogP contribution in [0.3, 0.4) is 0 Å². The Balaban J connectivity index is 2.33. The van der Waals surface area contributed by atoms with E-state index in [4.69, 9.17) is 5.11 Å². The predicted molar refractivity (Wildman–Crippen MR) is 61.7 cm³/mol. The number of urea groups is 1. The standard InChI is InChI=1S/C11H20N2O4/c1-11(17,7-9(14)15)8-12-10(16)13-5-3-2-4-6-13/h17H,2-8H2,1H3,(H,12,16)(H,14,15). The molecule has 0 aromatic carbocycles. The van der Waals surface area contributed by atoms with Crippen molar-refractivity contribution in [2.75, 3.05) is 19.6 Å². The molecule has 1 fully saturated rings. The minimum Gasteiger partial charge on any atom is -0.481 e. The maximum atomic E-state index is 11.7. The molecule has 1 unspecified atom stereocenters. The number of rotatable bonds is 4. The monoisotopic (exact) mass is 244 g/mol. The van der Waals surface area contributed by atoms with Gasteiger partial charge >= 0.3 is 12.0 Å². The van der Waals surface area contributed by atoms with Crippen LogP contribution in [0.2, 0.25) is 0 Å². The lowest BCUT2D eigenvalue weighted by molar-refractivity contribution is -0.141. The fourth-order valence-electron chi connectivity index (χ4n) is 1.86. The third-order valence-corrected chi connectivity index (χ3v) is 2.80. The van der Waals surface area contributed by atoms with Gasteiger partial charge < -0.3 is 20.4 Å². The molecular formula is C11H20N2O4. The molecule has 1 heterocycles. The lowest BCUT2D eigenvalue weighted by Crippen LogP contribution is -2.48. The topological polar surface area (TPSA) is 89.9 Å². The van der Waals surface area contributed by atoms with Gasteiger partial charge in [0.15, 0.2) is 0 Å². The number of aliphatic carboxylic acids is 1. The smallest absolute Gasteiger partial charge is 0.317 e. The molecule has 3 N–H and O–H groups in total. The minimum absolute atomic E-state index is 0.0470. The highest BCUT2D eigenvalue weighted by Crippen LogP contribution is 2.10. The highest BCUT2D eigenvalue weighted by Gasteiger charge is 2.26. The molecule has 0 bridgehead atoms. The molecule has 0 radical (unpaired) electrons. The summed E-state index contributed by atoms with van der Waals surface area (Å²) in [5.74, 6) is -1.08. The fraction of sp³-hybridized carbons (Fsp3) is 0.818. The van der Waals surface area contributed by atoms with E-state index in [1.807, 2.05) is 0 Å². The van der Waals surface area contributed by atoms with Crippen LogP contribution in [0.4, 0.5) is 4.79 Å². The Hall–Kier alpha value is -1.30. The minimum atomic E-state index is -1.41. The number of carbonyl (C=O) groups excluding carboxylic acids is 1.